The largest absolute Gasteiger partial charge is 0.482 e. The van der Waals surface area contributed by atoms with Crippen molar-refractivity contribution in [3.05, 3.63) is 65.3 Å². The Morgan fingerprint density at radius 2 is 2.03 bits per heavy atom. The highest BCUT2D eigenvalue weighted by atomic mass is 32.2. The number of rotatable bonds is 6. The van der Waals surface area contributed by atoms with Crippen LogP contribution in [0.3, 0.4) is 0 Å². The fourth-order valence-corrected chi connectivity index (χ4v) is 6.92. The van der Waals surface area contributed by atoms with Crippen molar-refractivity contribution < 1.29 is 32.6 Å². The number of anilines is 2. The molecule has 2 unspecified atom stereocenters. The van der Waals surface area contributed by atoms with E-state index in [1.54, 1.807) is 23.2 Å². The van der Waals surface area contributed by atoms with Crippen molar-refractivity contribution in [2.75, 3.05) is 34.9 Å². The van der Waals surface area contributed by atoms with Gasteiger partial charge in [-0.15, -0.1) is 0 Å². The van der Waals surface area contributed by atoms with Crippen LogP contribution in [0.25, 0.3) is 11.1 Å². The Kier molecular flexibility index (Phi) is 6.33. The summed E-state index contributed by atoms with van der Waals surface area (Å²) >= 11 is 0. The van der Waals surface area contributed by atoms with E-state index in [0.29, 0.717) is 35.8 Å². The Hall–Kier alpha value is -3.28. The highest BCUT2D eigenvalue weighted by Gasteiger charge is 2.41. The van der Waals surface area contributed by atoms with E-state index in [4.69, 9.17) is 4.74 Å². The molecule has 0 radical (unpaired) electrons. The number of sulfone groups is 1. The summed E-state index contributed by atoms with van der Waals surface area (Å²) in [5.41, 5.74) is 1.89. The van der Waals surface area contributed by atoms with Gasteiger partial charge in [-0.1, -0.05) is 0 Å². The van der Waals surface area contributed by atoms with Crippen LogP contribution in [0, 0.1) is 5.82 Å². The third-order valence-electron chi connectivity index (χ3n) is 6.87. The minimum absolute atomic E-state index is 0.0827. The van der Waals surface area contributed by atoms with E-state index in [-0.39, 0.29) is 29.6 Å². The SMILES string of the molecule is CC1(C)O/C(=C2/C(=O)Nc3ccc(F)cc32)C=C1c1ccc(N(CCCO)C2CS(=O)(=O)CC2O)nc1. The Bertz CT molecular complexity index is 1420. The molecule has 3 aliphatic rings. The van der Waals surface area contributed by atoms with Gasteiger partial charge in [-0.2, -0.15) is 0 Å². The van der Waals surface area contributed by atoms with Crippen molar-refractivity contribution in [2.24, 2.45) is 0 Å². The lowest BCUT2D eigenvalue weighted by Crippen LogP contribution is -2.44. The molecule has 1 saturated heterocycles. The quantitative estimate of drug-likeness (QED) is 0.486. The van der Waals surface area contributed by atoms with Crippen molar-refractivity contribution in [1.29, 1.82) is 0 Å². The first-order chi connectivity index (χ1) is 17.5. The van der Waals surface area contributed by atoms with Gasteiger partial charge < -0.3 is 25.2 Å². The number of benzene rings is 1. The Morgan fingerprint density at radius 3 is 2.68 bits per heavy atom. The van der Waals surface area contributed by atoms with Gasteiger partial charge in [0.15, 0.2) is 9.84 Å². The summed E-state index contributed by atoms with van der Waals surface area (Å²) in [6, 6.07) is 6.99. The van der Waals surface area contributed by atoms with Gasteiger partial charge in [0.2, 0.25) is 0 Å². The van der Waals surface area contributed by atoms with Crippen LogP contribution >= 0.6 is 0 Å². The van der Waals surface area contributed by atoms with Crippen LogP contribution in [-0.2, 0) is 19.4 Å². The Labute approximate surface area is 214 Å². The molecule has 2 aromatic rings. The lowest BCUT2D eigenvalue weighted by atomic mass is 9.93. The number of carbonyl (C=O) groups excluding carboxylic acids is 1. The van der Waals surface area contributed by atoms with Crippen LogP contribution in [0.5, 0.6) is 0 Å². The van der Waals surface area contributed by atoms with Crippen LogP contribution < -0.4 is 10.2 Å². The van der Waals surface area contributed by atoms with E-state index in [0.717, 1.165) is 11.1 Å². The lowest BCUT2D eigenvalue weighted by molar-refractivity contribution is -0.111. The lowest BCUT2D eigenvalue weighted by Gasteiger charge is -2.31. The fraction of sp³-hybridized carbons (Fsp3) is 0.385. The number of pyridine rings is 1. The van der Waals surface area contributed by atoms with Crippen molar-refractivity contribution in [3.8, 4) is 0 Å². The summed E-state index contributed by atoms with van der Waals surface area (Å²) in [5.74, 6) is -0.510. The zero-order valence-corrected chi connectivity index (χ0v) is 21.3. The number of aromatic nitrogens is 1. The van der Waals surface area contributed by atoms with E-state index in [1.807, 2.05) is 19.9 Å². The number of aliphatic hydroxyl groups excluding tert-OH is 2. The number of hydrogen-bond donors (Lipinski definition) is 3. The standard InChI is InChI=1S/C26H28FN3O6S/c1-26(2)18(11-22(36-26)24-17-10-16(27)5-6-19(17)29-25(24)33)15-4-7-23(28-12-15)30(8-3-9-31)20-13-37(34,35)14-21(20)32/h4-7,10-12,20-21,31-32H,3,8-9,13-14H2,1-2H3,(H,29,33)/b24-22+. The molecule has 1 aromatic carbocycles. The molecule has 3 N–H and O–H groups in total. The predicted octanol–water partition coefficient (Wildman–Crippen LogP) is 2.12. The molecule has 5 rings (SSSR count). The molecular formula is C26H28FN3O6S. The van der Waals surface area contributed by atoms with E-state index in [1.165, 1.54) is 18.2 Å². The molecule has 0 bridgehead atoms. The number of aliphatic hydroxyl groups is 2. The second-order valence-corrected chi connectivity index (χ2v) is 12.1. The van der Waals surface area contributed by atoms with Crippen LogP contribution in [0.15, 0.2) is 48.4 Å². The van der Waals surface area contributed by atoms with E-state index in [9.17, 15) is 27.8 Å². The molecule has 9 nitrogen and oxygen atoms in total. The van der Waals surface area contributed by atoms with Crippen LogP contribution in [0.1, 0.15) is 31.4 Å². The Morgan fingerprint density at radius 1 is 1.24 bits per heavy atom. The summed E-state index contributed by atoms with van der Waals surface area (Å²) < 4.78 is 44.2. The average molecular weight is 530 g/mol. The summed E-state index contributed by atoms with van der Waals surface area (Å²) in [4.78, 5) is 19.0. The van der Waals surface area contributed by atoms with E-state index >= 15 is 0 Å². The number of carbonyl (C=O) groups is 1. The number of ether oxygens (including phenoxy) is 1. The number of hydrogen-bond acceptors (Lipinski definition) is 8. The smallest absolute Gasteiger partial charge is 0.260 e. The van der Waals surface area contributed by atoms with Crippen molar-refractivity contribution in [1.82, 2.24) is 4.98 Å². The number of nitrogens with one attached hydrogen (secondary N) is 1. The van der Waals surface area contributed by atoms with Crippen LogP contribution in [0.2, 0.25) is 0 Å². The molecule has 0 saturated carbocycles. The summed E-state index contributed by atoms with van der Waals surface area (Å²) in [7, 11) is -3.37. The first kappa shape index (κ1) is 25.4. The maximum atomic E-state index is 13.9. The highest BCUT2D eigenvalue weighted by Crippen LogP contribution is 2.44. The third kappa shape index (κ3) is 4.74. The van der Waals surface area contributed by atoms with Crippen LogP contribution in [-0.4, -0.2) is 71.9 Å². The van der Waals surface area contributed by atoms with Crippen molar-refractivity contribution in [3.63, 3.8) is 0 Å². The number of halogens is 1. The normalized spacial score (nSPS) is 25.4. The van der Waals surface area contributed by atoms with Gasteiger partial charge in [-0.05, 0) is 56.7 Å². The molecule has 0 spiro atoms. The van der Waals surface area contributed by atoms with Gasteiger partial charge in [-0.3, -0.25) is 4.79 Å². The molecule has 1 aromatic heterocycles. The van der Waals surface area contributed by atoms with Crippen molar-refractivity contribution >= 4 is 38.4 Å². The monoisotopic (exact) mass is 529 g/mol. The topological polar surface area (TPSA) is 129 Å². The fourth-order valence-electron chi connectivity index (χ4n) is 5.12. The molecule has 0 aliphatic carbocycles. The van der Waals surface area contributed by atoms with Gasteiger partial charge in [0.05, 0.1) is 29.2 Å². The summed E-state index contributed by atoms with van der Waals surface area (Å²) in [6.07, 6.45) is 2.72. The minimum atomic E-state index is -3.37. The van der Waals surface area contributed by atoms with Gasteiger partial charge in [-0.25, -0.2) is 17.8 Å². The zero-order chi connectivity index (χ0) is 26.5. The number of amides is 1. The molecule has 11 heteroatoms. The third-order valence-corrected chi connectivity index (χ3v) is 8.56. The second-order valence-electron chi connectivity index (χ2n) is 9.94. The molecule has 3 aliphatic heterocycles. The molecule has 1 fully saturated rings. The van der Waals surface area contributed by atoms with Gasteiger partial charge >= 0.3 is 0 Å². The summed E-state index contributed by atoms with van der Waals surface area (Å²) in [5, 5.41) is 22.5. The second kappa shape index (κ2) is 9.23. The number of allylic oxidation sites excluding steroid dienone is 1. The predicted molar refractivity (Wildman–Crippen MR) is 137 cm³/mol. The van der Waals surface area contributed by atoms with Gasteiger partial charge in [0.1, 0.15) is 23.0 Å². The molecular weight excluding hydrogens is 501 g/mol. The minimum Gasteiger partial charge on any atom is -0.482 e. The van der Waals surface area contributed by atoms with Crippen LogP contribution in [0.4, 0.5) is 15.9 Å². The highest BCUT2D eigenvalue weighted by molar-refractivity contribution is 7.91. The average Bonchev–Trinajstić information content (AvgIpc) is 3.42. The van der Waals surface area contributed by atoms with Gasteiger partial charge in [0, 0.05) is 41.7 Å². The zero-order valence-electron chi connectivity index (χ0n) is 20.4. The number of fused-ring (bicyclic) bond motifs is 1. The van der Waals surface area contributed by atoms with E-state index < -0.39 is 33.4 Å². The van der Waals surface area contributed by atoms with Crippen molar-refractivity contribution in [2.45, 2.75) is 38.0 Å². The maximum Gasteiger partial charge on any atom is 0.260 e. The summed E-state index contributed by atoms with van der Waals surface area (Å²) in [6.45, 7) is 3.96. The van der Waals surface area contributed by atoms with Gasteiger partial charge in [0.25, 0.3) is 5.91 Å². The molecule has 4 heterocycles. The molecule has 196 valence electrons. The molecule has 1 amide bonds. The van der Waals surface area contributed by atoms with E-state index in [2.05, 4.69) is 10.3 Å². The first-order valence-corrected chi connectivity index (χ1v) is 13.8. The molecule has 37 heavy (non-hydrogen) atoms. The first-order valence-electron chi connectivity index (χ1n) is 12.0. The maximum absolute atomic E-state index is 13.9. The Balaban J connectivity index is 1.49. The number of nitrogens with zero attached hydrogens (tertiary/aromatic N) is 2. The molecule has 2 atom stereocenters.